The highest BCUT2D eigenvalue weighted by Gasteiger charge is 2.24. The van der Waals surface area contributed by atoms with Crippen molar-refractivity contribution in [2.75, 3.05) is 11.4 Å². The number of piperidine rings is 1. The zero-order valence-corrected chi connectivity index (χ0v) is 11.9. The van der Waals surface area contributed by atoms with Crippen LogP contribution in [-0.2, 0) is 6.42 Å². The van der Waals surface area contributed by atoms with Crippen LogP contribution in [0.2, 0.25) is 0 Å². The van der Waals surface area contributed by atoms with Crippen LogP contribution in [0.25, 0.3) is 0 Å². The normalized spacial score (nSPS) is 23.4. The van der Waals surface area contributed by atoms with Gasteiger partial charge in [-0.2, -0.15) is 0 Å². The highest BCUT2D eigenvalue weighted by atomic mass is 16.4. The molecule has 1 fully saturated rings. The number of carboxylic acids is 1. The lowest BCUT2D eigenvalue weighted by atomic mass is 9.93. The minimum atomic E-state index is -0.878. The lowest BCUT2D eigenvalue weighted by Crippen LogP contribution is -2.40. The number of hydrogen-bond donors (Lipinski definition) is 1. The third-order valence-corrected chi connectivity index (χ3v) is 3.91. The predicted octanol–water partition coefficient (Wildman–Crippen LogP) is 2.97. The van der Waals surface area contributed by atoms with Crippen LogP contribution in [-0.4, -0.2) is 28.6 Å². The van der Waals surface area contributed by atoms with Crippen molar-refractivity contribution in [1.29, 1.82) is 0 Å². The second-order valence-corrected chi connectivity index (χ2v) is 5.54. The lowest BCUT2D eigenvalue weighted by molar-refractivity contribution is 0.0696. The van der Waals surface area contributed by atoms with Crippen molar-refractivity contribution in [1.82, 2.24) is 4.98 Å². The second kappa shape index (κ2) is 5.59. The minimum Gasteiger partial charge on any atom is -0.478 e. The van der Waals surface area contributed by atoms with Gasteiger partial charge in [-0.1, -0.05) is 13.8 Å². The summed E-state index contributed by atoms with van der Waals surface area (Å²) in [5, 5.41) is 9.19. The highest BCUT2D eigenvalue weighted by molar-refractivity contribution is 5.88. The number of aromatic carboxylic acids is 1. The average molecular weight is 262 g/mol. The fourth-order valence-electron chi connectivity index (χ4n) is 2.77. The first-order chi connectivity index (χ1) is 9.01. The van der Waals surface area contributed by atoms with E-state index in [1.165, 1.54) is 0 Å². The van der Waals surface area contributed by atoms with Gasteiger partial charge in [0, 0.05) is 18.3 Å². The van der Waals surface area contributed by atoms with Crippen LogP contribution in [0.15, 0.2) is 12.1 Å². The molecule has 2 heterocycles. The van der Waals surface area contributed by atoms with E-state index in [0.29, 0.717) is 11.6 Å². The molecule has 0 aromatic carbocycles. The molecule has 1 aromatic rings. The van der Waals surface area contributed by atoms with E-state index in [2.05, 4.69) is 23.7 Å². The molecule has 2 rings (SSSR count). The molecule has 0 spiro atoms. The van der Waals surface area contributed by atoms with Crippen LogP contribution in [0.5, 0.6) is 0 Å². The van der Waals surface area contributed by atoms with Gasteiger partial charge in [-0.25, -0.2) is 9.78 Å². The molecule has 0 amide bonds. The van der Waals surface area contributed by atoms with Crippen molar-refractivity contribution in [3.63, 3.8) is 0 Å². The van der Waals surface area contributed by atoms with Crippen LogP contribution in [0.4, 0.5) is 5.82 Å². The number of rotatable bonds is 3. The standard InChI is InChI=1S/C15H22N2O2/c1-4-13-8-12(15(18)19)9-14(16-13)17-6-5-10(2)7-11(17)3/h8-11H,4-7H2,1-3H3,(H,18,19). The molecule has 0 saturated carbocycles. The summed E-state index contributed by atoms with van der Waals surface area (Å²) in [4.78, 5) is 18.0. The first-order valence-electron chi connectivity index (χ1n) is 7.02. The second-order valence-electron chi connectivity index (χ2n) is 5.54. The van der Waals surface area contributed by atoms with Crippen molar-refractivity contribution < 1.29 is 9.90 Å². The van der Waals surface area contributed by atoms with E-state index in [1.54, 1.807) is 12.1 Å². The van der Waals surface area contributed by atoms with Gasteiger partial charge in [0.1, 0.15) is 5.82 Å². The average Bonchev–Trinajstić information content (AvgIpc) is 2.38. The fraction of sp³-hybridized carbons (Fsp3) is 0.600. The summed E-state index contributed by atoms with van der Waals surface area (Å²) in [6.07, 6.45) is 3.04. The van der Waals surface area contributed by atoms with Gasteiger partial charge in [-0.15, -0.1) is 0 Å². The molecule has 2 unspecified atom stereocenters. The largest absolute Gasteiger partial charge is 0.478 e. The third-order valence-electron chi connectivity index (χ3n) is 3.91. The van der Waals surface area contributed by atoms with E-state index in [4.69, 9.17) is 0 Å². The van der Waals surface area contributed by atoms with Crippen LogP contribution >= 0.6 is 0 Å². The zero-order chi connectivity index (χ0) is 14.0. The number of carbonyl (C=O) groups is 1. The van der Waals surface area contributed by atoms with E-state index in [0.717, 1.165) is 43.2 Å². The molecule has 1 N–H and O–H groups in total. The number of hydrogen-bond acceptors (Lipinski definition) is 3. The maximum atomic E-state index is 11.2. The van der Waals surface area contributed by atoms with Crippen LogP contribution in [0.1, 0.15) is 49.7 Å². The van der Waals surface area contributed by atoms with Gasteiger partial charge in [0.15, 0.2) is 0 Å². The molecule has 0 bridgehead atoms. The Morgan fingerprint density at radius 3 is 2.79 bits per heavy atom. The monoisotopic (exact) mass is 262 g/mol. The Balaban J connectivity index is 2.33. The molecule has 1 aliphatic heterocycles. The predicted molar refractivity (Wildman–Crippen MR) is 75.8 cm³/mol. The van der Waals surface area contributed by atoms with Crippen molar-refractivity contribution in [2.45, 2.75) is 46.1 Å². The van der Waals surface area contributed by atoms with Crippen molar-refractivity contribution in [3.8, 4) is 0 Å². The summed E-state index contributed by atoms with van der Waals surface area (Å²) in [5.74, 6) is 0.673. The Morgan fingerprint density at radius 1 is 1.47 bits per heavy atom. The van der Waals surface area contributed by atoms with Gasteiger partial charge in [-0.05, 0) is 44.2 Å². The Bertz CT molecular complexity index is 473. The third kappa shape index (κ3) is 3.06. The zero-order valence-electron chi connectivity index (χ0n) is 11.9. The van der Waals surface area contributed by atoms with E-state index in [9.17, 15) is 9.90 Å². The molecular weight excluding hydrogens is 240 g/mol. The highest BCUT2D eigenvalue weighted by Crippen LogP contribution is 2.27. The summed E-state index contributed by atoms with van der Waals surface area (Å²) in [7, 11) is 0. The Hall–Kier alpha value is -1.58. The van der Waals surface area contributed by atoms with Gasteiger partial charge in [0.25, 0.3) is 0 Å². The van der Waals surface area contributed by atoms with Crippen molar-refractivity contribution in [3.05, 3.63) is 23.4 Å². The summed E-state index contributed by atoms with van der Waals surface area (Å²) >= 11 is 0. The molecule has 104 valence electrons. The van der Waals surface area contributed by atoms with E-state index in [-0.39, 0.29) is 0 Å². The minimum absolute atomic E-state index is 0.340. The molecule has 0 radical (unpaired) electrons. The Kier molecular flexibility index (Phi) is 4.08. The molecule has 4 nitrogen and oxygen atoms in total. The number of carboxylic acid groups (broad SMARTS) is 1. The van der Waals surface area contributed by atoms with Gasteiger partial charge in [0.05, 0.1) is 5.56 Å². The summed E-state index contributed by atoms with van der Waals surface area (Å²) in [5.41, 5.74) is 1.19. The first-order valence-corrected chi connectivity index (χ1v) is 7.02. The van der Waals surface area contributed by atoms with Gasteiger partial charge in [-0.3, -0.25) is 0 Å². The maximum Gasteiger partial charge on any atom is 0.335 e. The van der Waals surface area contributed by atoms with Crippen LogP contribution in [0.3, 0.4) is 0 Å². The summed E-state index contributed by atoms with van der Waals surface area (Å²) in [6, 6.07) is 3.79. The van der Waals surface area contributed by atoms with Gasteiger partial charge in [0.2, 0.25) is 0 Å². The van der Waals surface area contributed by atoms with Crippen LogP contribution < -0.4 is 4.90 Å². The molecule has 19 heavy (non-hydrogen) atoms. The quantitative estimate of drug-likeness (QED) is 0.910. The molecule has 1 aliphatic rings. The molecule has 0 aliphatic carbocycles. The topological polar surface area (TPSA) is 53.4 Å². The fourth-order valence-corrected chi connectivity index (χ4v) is 2.77. The number of pyridine rings is 1. The SMILES string of the molecule is CCc1cc(C(=O)O)cc(N2CCC(C)CC2C)n1. The number of nitrogens with zero attached hydrogens (tertiary/aromatic N) is 2. The maximum absolute atomic E-state index is 11.2. The first kappa shape index (κ1) is 13.8. The van der Waals surface area contributed by atoms with Crippen molar-refractivity contribution in [2.24, 2.45) is 5.92 Å². The Morgan fingerprint density at radius 2 is 2.21 bits per heavy atom. The van der Waals surface area contributed by atoms with E-state index < -0.39 is 5.97 Å². The molecule has 2 atom stereocenters. The van der Waals surface area contributed by atoms with Crippen LogP contribution in [0, 0.1) is 5.92 Å². The smallest absolute Gasteiger partial charge is 0.335 e. The molecule has 1 aromatic heterocycles. The lowest BCUT2D eigenvalue weighted by Gasteiger charge is -2.37. The summed E-state index contributed by atoms with van der Waals surface area (Å²) in [6.45, 7) is 7.42. The van der Waals surface area contributed by atoms with E-state index in [1.807, 2.05) is 6.92 Å². The number of aryl methyl sites for hydroxylation is 1. The Labute approximate surface area is 114 Å². The molecule has 4 heteroatoms. The van der Waals surface area contributed by atoms with Crippen molar-refractivity contribution >= 4 is 11.8 Å². The summed E-state index contributed by atoms with van der Waals surface area (Å²) < 4.78 is 0. The number of aromatic nitrogens is 1. The number of anilines is 1. The molecular formula is C15H22N2O2. The van der Waals surface area contributed by atoms with Gasteiger partial charge < -0.3 is 10.0 Å². The van der Waals surface area contributed by atoms with E-state index >= 15 is 0 Å². The van der Waals surface area contributed by atoms with Gasteiger partial charge >= 0.3 is 5.97 Å². The molecule has 1 saturated heterocycles.